The second kappa shape index (κ2) is 7.42. The number of nitrogens with one attached hydrogen (secondary N) is 1. The van der Waals surface area contributed by atoms with Crippen molar-refractivity contribution in [2.24, 2.45) is 0 Å². The lowest BCUT2D eigenvalue weighted by atomic mass is 10.1. The fourth-order valence-electron chi connectivity index (χ4n) is 2.67. The Morgan fingerprint density at radius 1 is 1.20 bits per heavy atom. The first-order valence-electron chi connectivity index (χ1n) is 7.72. The first-order chi connectivity index (χ1) is 12.0. The highest BCUT2D eigenvalue weighted by Gasteiger charge is 2.43. The molecule has 1 aliphatic heterocycles. The molecule has 3 rings (SSSR count). The second-order valence-electron chi connectivity index (χ2n) is 5.72. The highest BCUT2D eigenvalue weighted by atomic mass is 32.1. The lowest BCUT2D eigenvalue weighted by molar-refractivity contribution is -0.0541. The van der Waals surface area contributed by atoms with Gasteiger partial charge < -0.3 is 20.1 Å². The molecular weight excluding hydrogens is 344 g/mol. The molecule has 25 heavy (non-hydrogen) atoms. The molecule has 4 N–H and O–H groups in total. The molecule has 0 amide bonds. The number of nitrogens with zero attached hydrogens (tertiary/aromatic N) is 1. The van der Waals surface area contributed by atoms with Gasteiger partial charge in [-0.1, -0.05) is 36.4 Å². The molecule has 0 spiro atoms. The van der Waals surface area contributed by atoms with Gasteiger partial charge in [-0.05, 0) is 23.9 Å². The number of hydrogen-bond donors (Lipinski definition) is 4. The van der Waals surface area contributed by atoms with Gasteiger partial charge in [-0.15, -0.1) is 0 Å². The number of aliphatic hydroxyl groups is 3. The summed E-state index contributed by atoms with van der Waals surface area (Å²) < 4.78 is 6.88. The number of aliphatic hydroxyl groups excluding tert-OH is 3. The van der Waals surface area contributed by atoms with E-state index in [1.54, 1.807) is 12.2 Å². The lowest BCUT2D eigenvalue weighted by Crippen LogP contribution is -2.33. The van der Waals surface area contributed by atoms with Crippen molar-refractivity contribution in [2.75, 3.05) is 6.61 Å². The Morgan fingerprint density at radius 2 is 1.92 bits per heavy atom. The molecule has 132 valence electrons. The SMILES string of the molecule is O=c1[nH]c(=S)n([C@@H]2O[C@H](CO)[C@@H](O)[C@H]2O)cc1/C=C/c1ccccc1. The van der Waals surface area contributed by atoms with E-state index in [9.17, 15) is 20.1 Å². The van der Waals surface area contributed by atoms with E-state index in [1.165, 1.54) is 10.8 Å². The van der Waals surface area contributed by atoms with Gasteiger partial charge in [-0.2, -0.15) is 0 Å². The molecule has 2 aromatic rings. The van der Waals surface area contributed by atoms with Crippen molar-refractivity contribution in [2.45, 2.75) is 24.5 Å². The van der Waals surface area contributed by atoms with E-state index in [0.717, 1.165) is 5.56 Å². The minimum absolute atomic E-state index is 0.0525. The summed E-state index contributed by atoms with van der Waals surface area (Å²) in [5, 5.41) is 29.2. The smallest absolute Gasteiger partial charge is 0.258 e. The van der Waals surface area contributed by atoms with Crippen molar-refractivity contribution in [1.29, 1.82) is 0 Å². The van der Waals surface area contributed by atoms with Gasteiger partial charge in [0.15, 0.2) is 11.0 Å². The van der Waals surface area contributed by atoms with Crippen molar-refractivity contribution in [3.05, 3.63) is 62.8 Å². The van der Waals surface area contributed by atoms with Crippen LogP contribution in [0, 0.1) is 4.77 Å². The van der Waals surface area contributed by atoms with E-state index in [2.05, 4.69) is 4.98 Å². The van der Waals surface area contributed by atoms with Crippen LogP contribution in [0.1, 0.15) is 17.4 Å². The quantitative estimate of drug-likeness (QED) is 0.596. The van der Waals surface area contributed by atoms with Crippen LogP contribution in [-0.4, -0.2) is 49.8 Å². The van der Waals surface area contributed by atoms with Crippen molar-refractivity contribution >= 4 is 24.4 Å². The number of aromatic nitrogens is 2. The molecule has 1 aromatic carbocycles. The summed E-state index contributed by atoms with van der Waals surface area (Å²) in [6, 6.07) is 9.45. The van der Waals surface area contributed by atoms with Gasteiger partial charge >= 0.3 is 0 Å². The summed E-state index contributed by atoms with van der Waals surface area (Å²) in [5.74, 6) is 0. The summed E-state index contributed by atoms with van der Waals surface area (Å²) in [7, 11) is 0. The molecule has 1 fully saturated rings. The number of rotatable bonds is 4. The topological polar surface area (TPSA) is 108 Å². The third-order valence-corrected chi connectivity index (χ3v) is 4.35. The molecule has 8 heteroatoms. The standard InChI is InChI=1S/C17H18N2O5S/c20-9-12-13(21)14(22)16(24-12)19-8-11(15(23)18-17(19)25)7-6-10-4-2-1-3-5-10/h1-8,12-14,16,20-22H,9H2,(H,18,23,25)/b7-6+/t12-,13-,14-,16-/m1/s1. The van der Waals surface area contributed by atoms with Crippen LogP contribution in [0.5, 0.6) is 0 Å². The molecule has 4 atom stereocenters. The van der Waals surface area contributed by atoms with Crippen molar-refractivity contribution in [3.63, 3.8) is 0 Å². The van der Waals surface area contributed by atoms with Crippen LogP contribution in [-0.2, 0) is 4.74 Å². The van der Waals surface area contributed by atoms with Gasteiger partial charge in [-0.25, -0.2) is 0 Å². The zero-order valence-electron chi connectivity index (χ0n) is 13.1. The third-order valence-electron chi connectivity index (χ3n) is 4.04. The average molecular weight is 362 g/mol. The number of H-pyrrole nitrogens is 1. The van der Waals surface area contributed by atoms with E-state index in [4.69, 9.17) is 17.0 Å². The van der Waals surface area contributed by atoms with E-state index in [0.29, 0.717) is 5.56 Å². The normalized spacial score (nSPS) is 26.4. The average Bonchev–Trinajstić information content (AvgIpc) is 2.90. The Hall–Kier alpha value is -2.10. The summed E-state index contributed by atoms with van der Waals surface area (Å²) in [5.41, 5.74) is 0.860. The number of ether oxygens (including phenoxy) is 1. The molecule has 1 saturated heterocycles. The van der Waals surface area contributed by atoms with Crippen LogP contribution in [0.2, 0.25) is 0 Å². The van der Waals surface area contributed by atoms with Crippen LogP contribution in [0.25, 0.3) is 12.2 Å². The van der Waals surface area contributed by atoms with Crippen molar-refractivity contribution in [1.82, 2.24) is 9.55 Å². The second-order valence-corrected chi connectivity index (χ2v) is 6.11. The Morgan fingerprint density at radius 3 is 2.56 bits per heavy atom. The Kier molecular flexibility index (Phi) is 5.26. The molecule has 1 aliphatic rings. The van der Waals surface area contributed by atoms with Gasteiger partial charge in [0.2, 0.25) is 0 Å². The van der Waals surface area contributed by atoms with Gasteiger partial charge in [-0.3, -0.25) is 14.3 Å². The maximum atomic E-state index is 12.1. The monoisotopic (exact) mass is 362 g/mol. The van der Waals surface area contributed by atoms with Crippen molar-refractivity contribution in [3.8, 4) is 0 Å². The van der Waals surface area contributed by atoms with Crippen LogP contribution in [0.15, 0.2) is 41.3 Å². The van der Waals surface area contributed by atoms with Crippen LogP contribution >= 0.6 is 12.2 Å². The number of benzene rings is 1. The summed E-state index contributed by atoms with van der Waals surface area (Å²) >= 11 is 5.13. The van der Waals surface area contributed by atoms with E-state index < -0.39 is 31.1 Å². The molecule has 0 radical (unpaired) electrons. The van der Waals surface area contributed by atoms with Gasteiger partial charge in [0.1, 0.15) is 18.3 Å². The molecule has 1 aromatic heterocycles. The summed E-state index contributed by atoms with van der Waals surface area (Å²) in [6.07, 6.45) is 0.419. The largest absolute Gasteiger partial charge is 0.394 e. The Balaban J connectivity index is 1.95. The maximum Gasteiger partial charge on any atom is 0.258 e. The number of aromatic amines is 1. The minimum atomic E-state index is -1.28. The predicted molar refractivity (Wildman–Crippen MR) is 94.3 cm³/mol. The molecule has 0 bridgehead atoms. The predicted octanol–water partition coefficient (Wildman–Crippen LogP) is 0.688. The fourth-order valence-corrected chi connectivity index (χ4v) is 2.92. The first kappa shape index (κ1) is 17.7. The molecular formula is C17H18N2O5S. The van der Waals surface area contributed by atoms with Crippen LogP contribution in [0.4, 0.5) is 0 Å². The van der Waals surface area contributed by atoms with Gasteiger partial charge in [0.25, 0.3) is 5.56 Å². The molecule has 2 heterocycles. The van der Waals surface area contributed by atoms with E-state index >= 15 is 0 Å². The van der Waals surface area contributed by atoms with Crippen LogP contribution < -0.4 is 5.56 Å². The van der Waals surface area contributed by atoms with Crippen LogP contribution in [0.3, 0.4) is 0 Å². The highest BCUT2D eigenvalue weighted by molar-refractivity contribution is 7.71. The van der Waals surface area contributed by atoms with E-state index in [-0.39, 0.29) is 10.3 Å². The Labute approximate surface area is 148 Å². The van der Waals surface area contributed by atoms with Gasteiger partial charge in [0, 0.05) is 6.20 Å². The maximum absolute atomic E-state index is 12.1. The molecule has 0 unspecified atom stereocenters. The van der Waals surface area contributed by atoms with Gasteiger partial charge in [0.05, 0.1) is 12.2 Å². The molecule has 0 saturated carbocycles. The third kappa shape index (κ3) is 3.63. The molecule has 7 nitrogen and oxygen atoms in total. The van der Waals surface area contributed by atoms with Crippen molar-refractivity contribution < 1.29 is 20.1 Å². The zero-order valence-corrected chi connectivity index (χ0v) is 14.0. The highest BCUT2D eigenvalue weighted by Crippen LogP contribution is 2.29. The Bertz CT molecular complexity index is 877. The summed E-state index contributed by atoms with van der Waals surface area (Å²) in [4.78, 5) is 14.6. The molecule has 0 aliphatic carbocycles. The first-order valence-corrected chi connectivity index (χ1v) is 8.13. The summed E-state index contributed by atoms with van der Waals surface area (Å²) in [6.45, 7) is -0.438. The lowest BCUT2D eigenvalue weighted by Gasteiger charge is -2.18. The fraction of sp³-hybridized carbons (Fsp3) is 0.294. The zero-order chi connectivity index (χ0) is 18.0. The minimum Gasteiger partial charge on any atom is -0.394 e. The van der Waals surface area contributed by atoms with E-state index in [1.807, 2.05) is 30.3 Å². The number of hydrogen-bond acceptors (Lipinski definition) is 6.